The van der Waals surface area contributed by atoms with Gasteiger partial charge in [-0.1, -0.05) is 6.42 Å². The monoisotopic (exact) mass is 429 g/mol. The average molecular weight is 429 g/mol. The summed E-state index contributed by atoms with van der Waals surface area (Å²) in [5, 5.41) is 6.62. The predicted octanol–water partition coefficient (Wildman–Crippen LogP) is 4.91. The minimum absolute atomic E-state index is 0.168. The summed E-state index contributed by atoms with van der Waals surface area (Å²) >= 11 is 0. The largest absolute Gasteiger partial charge is 0.352 e. The molecule has 5 rings (SSSR count). The number of carbonyl (C=O) groups excluding carboxylic acids is 1. The highest BCUT2D eigenvalue weighted by Gasteiger charge is 2.23. The molecule has 164 valence electrons. The average Bonchev–Trinajstić information content (AvgIpc) is 3.40. The molecule has 4 nitrogen and oxygen atoms in total. The molecule has 7 heteroatoms. The lowest BCUT2D eigenvalue weighted by atomic mass is 9.85. The zero-order valence-electron chi connectivity index (χ0n) is 17.2. The molecule has 2 aromatic carbocycles. The van der Waals surface area contributed by atoms with E-state index in [9.17, 15) is 18.0 Å². The Hall–Kier alpha value is -2.80. The lowest BCUT2D eigenvalue weighted by molar-refractivity contribution is -0.120. The van der Waals surface area contributed by atoms with Gasteiger partial charge < -0.3 is 15.6 Å². The van der Waals surface area contributed by atoms with Crippen molar-refractivity contribution in [3.05, 3.63) is 59.9 Å². The second-order valence-corrected chi connectivity index (χ2v) is 8.31. The SMILES string of the molecule is Fc1ccc(-c2cc3cc(F)cc(F)c3[nH]2)cc1.O=C(CNCC1CCC1)NC1CC1. The van der Waals surface area contributed by atoms with Crippen molar-refractivity contribution in [3.63, 3.8) is 0 Å². The highest BCUT2D eigenvalue weighted by molar-refractivity contribution is 5.86. The van der Waals surface area contributed by atoms with Crippen molar-refractivity contribution in [2.45, 2.75) is 38.1 Å². The van der Waals surface area contributed by atoms with E-state index in [1.807, 2.05) is 0 Å². The minimum atomic E-state index is -0.640. The standard InChI is InChI=1S/C14H8F3N.C10H18N2O/c15-10-3-1-8(2-4-10)13-6-9-5-11(16)7-12(17)14(9)18-13;13-10(12-9-4-5-9)7-11-6-8-2-1-3-8/h1-7,18H;8-9,11H,1-7H2,(H,12,13). The topological polar surface area (TPSA) is 56.9 Å². The fraction of sp³-hybridized carbons (Fsp3) is 0.375. The Bertz CT molecular complexity index is 1040. The quantitative estimate of drug-likeness (QED) is 0.522. The number of H-pyrrole nitrogens is 1. The van der Waals surface area contributed by atoms with Crippen LogP contribution in [0.1, 0.15) is 32.1 Å². The molecule has 1 amide bonds. The predicted molar refractivity (Wildman–Crippen MR) is 115 cm³/mol. The van der Waals surface area contributed by atoms with Crippen LogP contribution in [-0.2, 0) is 4.79 Å². The van der Waals surface area contributed by atoms with Gasteiger partial charge in [0.1, 0.15) is 17.5 Å². The van der Waals surface area contributed by atoms with Gasteiger partial charge in [-0.2, -0.15) is 0 Å². The molecule has 1 aromatic heterocycles. The first-order valence-corrected chi connectivity index (χ1v) is 10.7. The minimum Gasteiger partial charge on any atom is -0.352 e. The summed E-state index contributed by atoms with van der Waals surface area (Å²) in [6.07, 6.45) is 6.41. The Morgan fingerprint density at radius 1 is 0.968 bits per heavy atom. The zero-order valence-corrected chi connectivity index (χ0v) is 17.2. The molecule has 2 saturated carbocycles. The summed E-state index contributed by atoms with van der Waals surface area (Å²) < 4.78 is 39.4. The first-order valence-electron chi connectivity index (χ1n) is 10.7. The Kier molecular flexibility index (Phi) is 6.61. The third-order valence-electron chi connectivity index (χ3n) is 5.69. The number of hydrogen-bond acceptors (Lipinski definition) is 2. The maximum Gasteiger partial charge on any atom is 0.234 e. The summed E-state index contributed by atoms with van der Waals surface area (Å²) in [7, 11) is 0. The van der Waals surface area contributed by atoms with Gasteiger partial charge in [0.05, 0.1) is 12.1 Å². The molecule has 2 aliphatic carbocycles. The van der Waals surface area contributed by atoms with Gasteiger partial charge in [-0.05, 0) is 80.1 Å². The van der Waals surface area contributed by atoms with Gasteiger partial charge >= 0.3 is 0 Å². The molecule has 0 radical (unpaired) electrons. The maximum absolute atomic E-state index is 13.5. The number of benzene rings is 2. The zero-order chi connectivity index (χ0) is 21.8. The Morgan fingerprint density at radius 2 is 1.71 bits per heavy atom. The van der Waals surface area contributed by atoms with Crippen molar-refractivity contribution in [2.24, 2.45) is 5.92 Å². The Morgan fingerprint density at radius 3 is 2.35 bits per heavy atom. The fourth-order valence-electron chi connectivity index (χ4n) is 3.54. The van der Waals surface area contributed by atoms with Gasteiger partial charge in [0.25, 0.3) is 0 Å². The molecule has 2 fully saturated rings. The van der Waals surface area contributed by atoms with E-state index < -0.39 is 11.6 Å². The van der Waals surface area contributed by atoms with Crippen molar-refractivity contribution in [3.8, 4) is 11.3 Å². The highest BCUT2D eigenvalue weighted by atomic mass is 19.1. The van der Waals surface area contributed by atoms with Gasteiger partial charge in [-0.3, -0.25) is 4.79 Å². The van der Waals surface area contributed by atoms with E-state index in [2.05, 4.69) is 15.6 Å². The van der Waals surface area contributed by atoms with Crippen molar-refractivity contribution in [1.82, 2.24) is 15.6 Å². The van der Waals surface area contributed by atoms with Crippen LogP contribution in [-0.4, -0.2) is 30.0 Å². The van der Waals surface area contributed by atoms with E-state index in [4.69, 9.17) is 0 Å². The van der Waals surface area contributed by atoms with Crippen LogP contribution in [0.4, 0.5) is 13.2 Å². The number of hydrogen-bond donors (Lipinski definition) is 3. The van der Waals surface area contributed by atoms with Crippen molar-refractivity contribution < 1.29 is 18.0 Å². The first kappa shape index (κ1) is 21.4. The van der Waals surface area contributed by atoms with Gasteiger partial charge in [-0.25, -0.2) is 13.2 Å². The number of nitrogens with one attached hydrogen (secondary N) is 3. The Balaban J connectivity index is 0.000000158. The van der Waals surface area contributed by atoms with Gasteiger partial charge in [0, 0.05) is 23.2 Å². The summed E-state index contributed by atoms with van der Waals surface area (Å²) in [6.45, 7) is 1.53. The molecule has 0 saturated heterocycles. The molecule has 31 heavy (non-hydrogen) atoms. The molecule has 3 aromatic rings. The second-order valence-electron chi connectivity index (χ2n) is 8.31. The van der Waals surface area contributed by atoms with E-state index in [0.717, 1.165) is 18.5 Å². The Labute approximate surface area is 179 Å². The number of aromatic amines is 1. The van der Waals surface area contributed by atoms with Crippen LogP contribution in [0, 0.1) is 23.4 Å². The number of fused-ring (bicyclic) bond motifs is 1. The summed E-state index contributed by atoms with van der Waals surface area (Å²) in [4.78, 5) is 14.1. The van der Waals surface area contributed by atoms with E-state index in [1.165, 1.54) is 50.3 Å². The van der Waals surface area contributed by atoms with E-state index in [1.54, 1.807) is 18.2 Å². The number of carbonyl (C=O) groups is 1. The summed E-state index contributed by atoms with van der Waals surface area (Å²) in [5.74, 6) is -0.592. The number of halogens is 3. The number of amides is 1. The van der Waals surface area contributed by atoms with E-state index in [-0.39, 0.29) is 17.2 Å². The van der Waals surface area contributed by atoms with Gasteiger partial charge in [-0.15, -0.1) is 0 Å². The van der Waals surface area contributed by atoms with Crippen LogP contribution in [0.25, 0.3) is 22.2 Å². The van der Waals surface area contributed by atoms with Crippen LogP contribution in [0.2, 0.25) is 0 Å². The molecular weight excluding hydrogens is 403 g/mol. The molecule has 3 N–H and O–H groups in total. The van der Waals surface area contributed by atoms with Crippen LogP contribution in [0.5, 0.6) is 0 Å². The van der Waals surface area contributed by atoms with Crippen LogP contribution >= 0.6 is 0 Å². The molecule has 0 aliphatic heterocycles. The molecule has 0 spiro atoms. The molecule has 0 atom stereocenters. The van der Waals surface area contributed by atoms with Crippen LogP contribution in [0.15, 0.2) is 42.5 Å². The smallest absolute Gasteiger partial charge is 0.234 e. The van der Waals surface area contributed by atoms with Crippen molar-refractivity contribution >= 4 is 16.8 Å². The lowest BCUT2D eigenvalue weighted by Gasteiger charge is -2.25. The van der Waals surface area contributed by atoms with Crippen LogP contribution < -0.4 is 10.6 Å². The molecule has 0 unspecified atom stereocenters. The third-order valence-corrected chi connectivity index (χ3v) is 5.69. The third kappa shape index (κ3) is 5.88. The molecule has 1 heterocycles. The second kappa shape index (κ2) is 9.56. The van der Waals surface area contributed by atoms with E-state index >= 15 is 0 Å². The molecule has 2 aliphatic rings. The van der Waals surface area contributed by atoms with Gasteiger partial charge in [0.15, 0.2) is 0 Å². The van der Waals surface area contributed by atoms with Crippen LogP contribution in [0.3, 0.4) is 0 Å². The van der Waals surface area contributed by atoms with E-state index in [0.29, 0.717) is 29.2 Å². The molecular formula is C24H26F3N3O. The summed E-state index contributed by atoms with van der Waals surface area (Å²) in [5.41, 5.74) is 1.58. The fourth-order valence-corrected chi connectivity index (χ4v) is 3.54. The van der Waals surface area contributed by atoms with Gasteiger partial charge in [0.2, 0.25) is 5.91 Å². The van der Waals surface area contributed by atoms with Crippen molar-refractivity contribution in [1.29, 1.82) is 0 Å². The highest BCUT2D eigenvalue weighted by Crippen LogP contribution is 2.27. The molecule has 0 bridgehead atoms. The van der Waals surface area contributed by atoms with Crippen molar-refractivity contribution in [2.75, 3.05) is 13.1 Å². The maximum atomic E-state index is 13.5. The lowest BCUT2D eigenvalue weighted by Crippen LogP contribution is -2.38. The first-order chi connectivity index (χ1) is 15.0. The normalized spacial score (nSPS) is 15.8. The summed E-state index contributed by atoms with van der Waals surface area (Å²) in [6, 6.07) is 10.0. The number of rotatable bonds is 6. The number of aromatic nitrogens is 1.